The summed E-state index contributed by atoms with van der Waals surface area (Å²) in [5.74, 6) is 6.45. The Hall–Kier alpha value is -0.820. The van der Waals surface area contributed by atoms with Crippen LogP contribution in [-0.4, -0.2) is 17.8 Å². The second kappa shape index (κ2) is 6.94. The molecule has 18 heavy (non-hydrogen) atoms. The van der Waals surface area contributed by atoms with Crippen LogP contribution < -0.4 is 0 Å². The monoisotopic (exact) mass is 264 g/mol. The van der Waals surface area contributed by atoms with Crippen molar-refractivity contribution in [1.29, 1.82) is 0 Å². The molecule has 1 N–H and O–H groups in total. The third-order valence-corrected chi connectivity index (χ3v) is 4.28. The molecule has 1 fully saturated rings. The van der Waals surface area contributed by atoms with Crippen molar-refractivity contribution in [1.82, 2.24) is 0 Å². The first-order valence-corrected chi connectivity index (χ1v) is 7.45. The zero-order valence-electron chi connectivity index (χ0n) is 10.8. The minimum atomic E-state index is -0.0870. The van der Waals surface area contributed by atoms with Crippen LogP contribution in [0.3, 0.4) is 0 Å². The van der Waals surface area contributed by atoms with E-state index < -0.39 is 0 Å². The highest BCUT2D eigenvalue weighted by atomic mass is 32.1. The molecule has 0 bridgehead atoms. The molecule has 1 aliphatic rings. The smallest absolute Gasteiger partial charge is 0.104 e. The SMILES string of the molecule is CC1CCCC(OCc2sccc2C#CCO)C1. The maximum absolute atomic E-state index is 8.72. The fourth-order valence-corrected chi connectivity index (χ4v) is 3.17. The van der Waals surface area contributed by atoms with Gasteiger partial charge in [0.1, 0.15) is 6.61 Å². The van der Waals surface area contributed by atoms with Gasteiger partial charge in [-0.05, 0) is 30.2 Å². The van der Waals surface area contributed by atoms with Gasteiger partial charge in [0.15, 0.2) is 0 Å². The molecule has 2 unspecified atom stereocenters. The Bertz CT molecular complexity index is 427. The van der Waals surface area contributed by atoms with Crippen LogP contribution in [0.1, 0.15) is 43.0 Å². The number of ether oxygens (including phenoxy) is 1. The number of hydrogen-bond donors (Lipinski definition) is 1. The van der Waals surface area contributed by atoms with Gasteiger partial charge in [-0.25, -0.2) is 0 Å². The lowest BCUT2D eigenvalue weighted by Crippen LogP contribution is -2.21. The van der Waals surface area contributed by atoms with Crippen molar-refractivity contribution < 1.29 is 9.84 Å². The van der Waals surface area contributed by atoms with Crippen molar-refractivity contribution >= 4 is 11.3 Å². The van der Waals surface area contributed by atoms with Gasteiger partial charge in [-0.3, -0.25) is 0 Å². The minimum Gasteiger partial charge on any atom is -0.384 e. The maximum atomic E-state index is 8.72. The lowest BCUT2D eigenvalue weighted by atomic mass is 9.89. The topological polar surface area (TPSA) is 29.5 Å². The zero-order chi connectivity index (χ0) is 12.8. The number of aliphatic hydroxyl groups excluding tert-OH is 1. The second-order valence-corrected chi connectivity index (χ2v) is 5.92. The summed E-state index contributed by atoms with van der Waals surface area (Å²) in [5.41, 5.74) is 0.998. The van der Waals surface area contributed by atoms with Gasteiger partial charge < -0.3 is 9.84 Å². The Morgan fingerprint density at radius 1 is 1.50 bits per heavy atom. The summed E-state index contributed by atoms with van der Waals surface area (Å²) in [5, 5.41) is 10.7. The Morgan fingerprint density at radius 2 is 2.39 bits per heavy atom. The molecule has 2 atom stereocenters. The van der Waals surface area contributed by atoms with Crippen molar-refractivity contribution in [2.75, 3.05) is 6.61 Å². The van der Waals surface area contributed by atoms with E-state index in [2.05, 4.69) is 18.8 Å². The summed E-state index contributed by atoms with van der Waals surface area (Å²) < 4.78 is 6.00. The van der Waals surface area contributed by atoms with E-state index in [1.165, 1.54) is 30.6 Å². The molecule has 2 rings (SSSR count). The van der Waals surface area contributed by atoms with Crippen molar-refractivity contribution in [2.45, 2.75) is 45.3 Å². The van der Waals surface area contributed by atoms with Crippen molar-refractivity contribution in [2.24, 2.45) is 5.92 Å². The van der Waals surface area contributed by atoms with Gasteiger partial charge in [-0.15, -0.1) is 11.3 Å². The Morgan fingerprint density at radius 3 is 3.17 bits per heavy atom. The van der Waals surface area contributed by atoms with Crippen LogP contribution in [0.2, 0.25) is 0 Å². The van der Waals surface area contributed by atoms with E-state index in [4.69, 9.17) is 9.84 Å². The Balaban J connectivity index is 1.88. The van der Waals surface area contributed by atoms with Gasteiger partial charge >= 0.3 is 0 Å². The number of aliphatic hydroxyl groups is 1. The predicted molar refractivity (Wildman–Crippen MR) is 74.5 cm³/mol. The molecule has 0 aliphatic heterocycles. The summed E-state index contributed by atoms with van der Waals surface area (Å²) >= 11 is 1.68. The number of rotatable bonds is 3. The van der Waals surface area contributed by atoms with Crippen molar-refractivity contribution in [3.63, 3.8) is 0 Å². The van der Waals surface area contributed by atoms with Gasteiger partial charge in [0, 0.05) is 10.4 Å². The van der Waals surface area contributed by atoms with Crippen LogP contribution in [0.4, 0.5) is 0 Å². The van der Waals surface area contributed by atoms with E-state index in [0.717, 1.165) is 11.5 Å². The predicted octanol–water partition coefficient (Wildman–Crippen LogP) is 3.19. The molecule has 98 valence electrons. The van der Waals surface area contributed by atoms with Gasteiger partial charge in [0.2, 0.25) is 0 Å². The molecular weight excluding hydrogens is 244 g/mol. The third kappa shape index (κ3) is 3.84. The van der Waals surface area contributed by atoms with E-state index in [-0.39, 0.29) is 6.61 Å². The first-order chi connectivity index (χ1) is 8.79. The first kappa shape index (κ1) is 13.6. The molecule has 0 saturated heterocycles. The average molecular weight is 264 g/mol. The molecule has 0 amide bonds. The maximum Gasteiger partial charge on any atom is 0.104 e. The van der Waals surface area contributed by atoms with E-state index in [1.54, 1.807) is 11.3 Å². The largest absolute Gasteiger partial charge is 0.384 e. The van der Waals surface area contributed by atoms with E-state index in [0.29, 0.717) is 12.7 Å². The third-order valence-electron chi connectivity index (χ3n) is 3.39. The molecule has 1 aliphatic carbocycles. The molecular formula is C15H20O2S. The fraction of sp³-hybridized carbons (Fsp3) is 0.600. The van der Waals surface area contributed by atoms with Crippen LogP contribution in [0.25, 0.3) is 0 Å². The summed E-state index contributed by atoms with van der Waals surface area (Å²) in [6.45, 7) is 2.87. The highest BCUT2D eigenvalue weighted by Gasteiger charge is 2.19. The summed E-state index contributed by atoms with van der Waals surface area (Å²) in [6, 6.07) is 2.00. The molecule has 0 aromatic carbocycles. The van der Waals surface area contributed by atoms with Crippen LogP contribution in [0.5, 0.6) is 0 Å². The van der Waals surface area contributed by atoms with Crippen molar-refractivity contribution in [3.8, 4) is 11.8 Å². The molecule has 3 heteroatoms. The normalized spacial score (nSPS) is 23.4. The molecule has 0 spiro atoms. The number of hydrogen-bond acceptors (Lipinski definition) is 3. The van der Waals surface area contributed by atoms with Crippen LogP contribution >= 0.6 is 11.3 Å². The van der Waals surface area contributed by atoms with Crippen LogP contribution in [0, 0.1) is 17.8 Å². The standard InChI is InChI=1S/C15H20O2S/c1-12-4-2-6-14(10-12)17-11-15-13(5-3-8-16)7-9-18-15/h7,9,12,14,16H,2,4,6,8,10-11H2,1H3. The van der Waals surface area contributed by atoms with E-state index in [1.807, 2.05) is 11.4 Å². The molecule has 0 radical (unpaired) electrons. The van der Waals surface area contributed by atoms with E-state index in [9.17, 15) is 0 Å². The number of thiophene rings is 1. The first-order valence-electron chi connectivity index (χ1n) is 6.57. The summed E-state index contributed by atoms with van der Waals surface area (Å²) in [4.78, 5) is 1.18. The quantitative estimate of drug-likeness (QED) is 0.850. The summed E-state index contributed by atoms with van der Waals surface area (Å²) in [6.07, 6.45) is 5.41. The Labute approximate surface area is 113 Å². The second-order valence-electron chi connectivity index (χ2n) is 4.92. The minimum absolute atomic E-state index is 0.0870. The zero-order valence-corrected chi connectivity index (χ0v) is 11.6. The average Bonchev–Trinajstić information content (AvgIpc) is 2.81. The van der Waals surface area contributed by atoms with Gasteiger partial charge in [0.05, 0.1) is 12.7 Å². The highest BCUT2D eigenvalue weighted by Crippen LogP contribution is 2.27. The van der Waals surface area contributed by atoms with Crippen molar-refractivity contribution in [3.05, 3.63) is 21.9 Å². The van der Waals surface area contributed by atoms with Gasteiger partial charge in [0.25, 0.3) is 0 Å². The summed E-state index contributed by atoms with van der Waals surface area (Å²) in [7, 11) is 0. The molecule has 1 saturated carbocycles. The van der Waals surface area contributed by atoms with Gasteiger partial charge in [-0.2, -0.15) is 0 Å². The molecule has 1 heterocycles. The molecule has 1 aromatic rings. The molecule has 2 nitrogen and oxygen atoms in total. The fourth-order valence-electron chi connectivity index (χ4n) is 2.42. The van der Waals surface area contributed by atoms with Crippen LogP contribution in [-0.2, 0) is 11.3 Å². The lowest BCUT2D eigenvalue weighted by molar-refractivity contribution is 0.00584. The van der Waals surface area contributed by atoms with Crippen LogP contribution in [0.15, 0.2) is 11.4 Å². The Kier molecular flexibility index (Phi) is 5.25. The highest BCUT2D eigenvalue weighted by molar-refractivity contribution is 7.10. The van der Waals surface area contributed by atoms with Gasteiger partial charge in [-0.1, -0.05) is 31.6 Å². The lowest BCUT2D eigenvalue weighted by Gasteiger charge is -2.26. The van der Waals surface area contributed by atoms with E-state index >= 15 is 0 Å². The molecule has 1 aromatic heterocycles.